The normalized spacial score (nSPS) is 38.0. The molecule has 2 N–H and O–H groups in total. The first kappa shape index (κ1) is 16.7. The highest BCUT2D eigenvalue weighted by Gasteiger charge is 2.59. The van der Waals surface area contributed by atoms with Crippen LogP contribution in [0.5, 0.6) is 0 Å². The van der Waals surface area contributed by atoms with Crippen LogP contribution in [-0.4, -0.2) is 51.0 Å². The second-order valence-electron chi connectivity index (χ2n) is 6.50. The maximum Gasteiger partial charge on any atom is 0.237 e. The van der Waals surface area contributed by atoms with E-state index in [0.717, 1.165) is 25.8 Å². The number of hydrogen-bond donors (Lipinski definition) is 2. The van der Waals surface area contributed by atoms with Gasteiger partial charge in [-0.25, -0.2) is 0 Å². The van der Waals surface area contributed by atoms with Gasteiger partial charge in [0.05, 0.1) is 18.2 Å². The highest BCUT2D eigenvalue weighted by Crippen LogP contribution is 2.52. The molecule has 0 bridgehead atoms. The lowest BCUT2D eigenvalue weighted by atomic mass is 9.53. The van der Waals surface area contributed by atoms with Crippen LogP contribution in [0.1, 0.15) is 40.0 Å². The summed E-state index contributed by atoms with van der Waals surface area (Å²) < 4.78 is 11.0. The summed E-state index contributed by atoms with van der Waals surface area (Å²) in [6.07, 6.45) is 3.18. The fourth-order valence-corrected chi connectivity index (χ4v) is 4.43. The maximum absolute atomic E-state index is 12.5. The van der Waals surface area contributed by atoms with E-state index < -0.39 is 0 Å². The molecule has 1 aliphatic heterocycles. The molecular weight excluding hydrogens is 268 g/mol. The monoisotopic (exact) mass is 298 g/mol. The van der Waals surface area contributed by atoms with E-state index in [4.69, 9.17) is 9.47 Å². The minimum atomic E-state index is -0.129. The van der Waals surface area contributed by atoms with E-state index in [2.05, 4.69) is 31.4 Å². The van der Waals surface area contributed by atoms with E-state index in [1.165, 1.54) is 0 Å². The van der Waals surface area contributed by atoms with Gasteiger partial charge in [0.15, 0.2) is 0 Å². The molecule has 1 saturated carbocycles. The standard InChI is InChI=1S/C16H30N2O3/c1-6-16(7-2)13(10(3)14(16)21-5)18-15(19)12-8-11(20-4)9-17-12/h10-14,17H,6-9H2,1-5H3,(H,18,19)/t10-,11+,12-,13-,14+/m1/s1. The Labute approximate surface area is 128 Å². The number of rotatable bonds is 6. The van der Waals surface area contributed by atoms with Gasteiger partial charge < -0.3 is 20.1 Å². The van der Waals surface area contributed by atoms with E-state index in [9.17, 15) is 4.79 Å². The number of amides is 1. The van der Waals surface area contributed by atoms with Crippen molar-refractivity contribution < 1.29 is 14.3 Å². The van der Waals surface area contributed by atoms with Gasteiger partial charge in [0.25, 0.3) is 0 Å². The van der Waals surface area contributed by atoms with Gasteiger partial charge >= 0.3 is 0 Å². The Hall–Kier alpha value is -0.650. The first-order valence-corrected chi connectivity index (χ1v) is 8.13. The molecule has 0 aromatic carbocycles. The number of carbonyl (C=O) groups is 1. The SMILES string of the molecule is CCC1(CC)[C@H](NC(=O)[C@H]2C[C@H](OC)CN2)[C@@H](C)[C@@H]1OC. The van der Waals surface area contributed by atoms with Crippen LogP contribution in [0.2, 0.25) is 0 Å². The number of ether oxygens (including phenoxy) is 2. The van der Waals surface area contributed by atoms with Gasteiger partial charge in [0, 0.05) is 38.1 Å². The molecule has 5 heteroatoms. The Balaban J connectivity index is 2.00. The highest BCUT2D eigenvalue weighted by molar-refractivity contribution is 5.82. The summed E-state index contributed by atoms with van der Waals surface area (Å²) in [6, 6.07) is 0.0727. The average molecular weight is 298 g/mol. The first-order valence-electron chi connectivity index (χ1n) is 8.13. The van der Waals surface area contributed by atoms with Crippen molar-refractivity contribution in [2.45, 2.75) is 64.3 Å². The third-order valence-electron chi connectivity index (χ3n) is 5.80. The Kier molecular flexibility index (Phi) is 5.28. The number of hydrogen-bond acceptors (Lipinski definition) is 4. The summed E-state index contributed by atoms with van der Waals surface area (Å²) in [7, 11) is 3.48. The van der Waals surface area contributed by atoms with Crippen LogP contribution in [0.15, 0.2) is 0 Å². The summed E-state index contributed by atoms with van der Waals surface area (Å²) in [5.74, 6) is 0.464. The Bertz CT molecular complexity index is 371. The molecule has 1 amide bonds. The lowest BCUT2D eigenvalue weighted by Crippen LogP contribution is -2.70. The molecule has 0 aromatic rings. The minimum Gasteiger partial charge on any atom is -0.380 e. The molecule has 0 spiro atoms. The zero-order chi connectivity index (χ0) is 15.6. The van der Waals surface area contributed by atoms with E-state index in [-0.39, 0.29) is 35.6 Å². The van der Waals surface area contributed by atoms with Crippen molar-refractivity contribution in [2.24, 2.45) is 11.3 Å². The smallest absolute Gasteiger partial charge is 0.237 e. The molecule has 0 unspecified atom stereocenters. The lowest BCUT2D eigenvalue weighted by molar-refractivity contribution is -0.172. The van der Waals surface area contributed by atoms with Crippen molar-refractivity contribution in [3.8, 4) is 0 Å². The van der Waals surface area contributed by atoms with Crippen LogP contribution in [0.4, 0.5) is 0 Å². The van der Waals surface area contributed by atoms with Gasteiger partial charge in [-0.1, -0.05) is 20.8 Å². The first-order chi connectivity index (χ1) is 10.0. The van der Waals surface area contributed by atoms with Crippen LogP contribution < -0.4 is 10.6 Å². The van der Waals surface area contributed by atoms with E-state index in [0.29, 0.717) is 5.92 Å². The average Bonchev–Trinajstić information content (AvgIpc) is 2.98. The summed E-state index contributed by atoms with van der Waals surface area (Å²) in [4.78, 5) is 12.5. The van der Waals surface area contributed by atoms with Gasteiger partial charge in [0.2, 0.25) is 5.91 Å². The minimum absolute atomic E-state index is 0.0725. The van der Waals surface area contributed by atoms with Crippen LogP contribution in [0.3, 0.4) is 0 Å². The molecule has 21 heavy (non-hydrogen) atoms. The third kappa shape index (κ3) is 2.71. The fraction of sp³-hybridized carbons (Fsp3) is 0.938. The predicted molar refractivity (Wildman–Crippen MR) is 82.1 cm³/mol. The predicted octanol–water partition coefficient (Wildman–Crippen LogP) is 1.32. The third-order valence-corrected chi connectivity index (χ3v) is 5.80. The maximum atomic E-state index is 12.5. The molecule has 2 aliphatic rings. The summed E-state index contributed by atoms with van der Waals surface area (Å²) in [5.41, 5.74) is 0.0725. The molecule has 5 nitrogen and oxygen atoms in total. The molecule has 1 aliphatic carbocycles. The van der Waals surface area contributed by atoms with E-state index >= 15 is 0 Å². The zero-order valence-corrected chi connectivity index (χ0v) is 13.9. The summed E-state index contributed by atoms with van der Waals surface area (Å²) in [5, 5.41) is 6.52. The van der Waals surface area contributed by atoms with Gasteiger partial charge in [-0.05, 0) is 19.3 Å². The van der Waals surface area contributed by atoms with Crippen molar-refractivity contribution in [1.29, 1.82) is 0 Å². The molecule has 2 fully saturated rings. The van der Waals surface area contributed by atoms with Crippen molar-refractivity contribution in [2.75, 3.05) is 20.8 Å². The van der Waals surface area contributed by atoms with Crippen molar-refractivity contribution in [3.63, 3.8) is 0 Å². The van der Waals surface area contributed by atoms with E-state index in [1.54, 1.807) is 14.2 Å². The second kappa shape index (κ2) is 6.63. The molecule has 1 heterocycles. The molecular formula is C16H30N2O3. The number of methoxy groups -OCH3 is 2. The summed E-state index contributed by atoms with van der Waals surface area (Å²) in [6.45, 7) is 7.30. The Morgan fingerprint density at radius 2 is 1.95 bits per heavy atom. The Morgan fingerprint density at radius 3 is 2.43 bits per heavy atom. The summed E-state index contributed by atoms with van der Waals surface area (Å²) >= 11 is 0. The second-order valence-corrected chi connectivity index (χ2v) is 6.50. The molecule has 122 valence electrons. The van der Waals surface area contributed by atoms with Crippen molar-refractivity contribution >= 4 is 5.91 Å². The fourth-order valence-electron chi connectivity index (χ4n) is 4.43. The Morgan fingerprint density at radius 1 is 1.29 bits per heavy atom. The van der Waals surface area contributed by atoms with Crippen molar-refractivity contribution in [3.05, 3.63) is 0 Å². The van der Waals surface area contributed by atoms with Gasteiger partial charge in [-0.15, -0.1) is 0 Å². The lowest BCUT2D eigenvalue weighted by Gasteiger charge is -2.59. The highest BCUT2D eigenvalue weighted by atomic mass is 16.5. The zero-order valence-electron chi connectivity index (χ0n) is 13.9. The number of nitrogens with one attached hydrogen (secondary N) is 2. The molecule has 1 saturated heterocycles. The van der Waals surface area contributed by atoms with Gasteiger partial charge in [0.1, 0.15) is 0 Å². The molecule has 5 atom stereocenters. The van der Waals surface area contributed by atoms with Crippen molar-refractivity contribution in [1.82, 2.24) is 10.6 Å². The molecule has 0 radical (unpaired) electrons. The van der Waals surface area contributed by atoms with Crippen LogP contribution in [-0.2, 0) is 14.3 Å². The quantitative estimate of drug-likeness (QED) is 0.776. The van der Waals surface area contributed by atoms with E-state index in [1.807, 2.05) is 0 Å². The largest absolute Gasteiger partial charge is 0.380 e. The van der Waals surface area contributed by atoms with Gasteiger partial charge in [-0.2, -0.15) is 0 Å². The van der Waals surface area contributed by atoms with Crippen LogP contribution in [0, 0.1) is 11.3 Å². The molecule has 2 rings (SSSR count). The molecule has 0 aromatic heterocycles. The topological polar surface area (TPSA) is 59.6 Å². The number of carbonyl (C=O) groups excluding carboxylic acids is 1. The van der Waals surface area contributed by atoms with Gasteiger partial charge in [-0.3, -0.25) is 4.79 Å². The van der Waals surface area contributed by atoms with Crippen LogP contribution >= 0.6 is 0 Å². The van der Waals surface area contributed by atoms with Crippen LogP contribution in [0.25, 0.3) is 0 Å².